The van der Waals surface area contributed by atoms with E-state index in [4.69, 9.17) is 4.74 Å². The molecule has 2 aliphatic rings. The summed E-state index contributed by atoms with van der Waals surface area (Å²) in [6, 6.07) is 10.0. The van der Waals surface area contributed by atoms with Gasteiger partial charge in [-0.3, -0.25) is 14.4 Å². The molecule has 1 amide bonds. The van der Waals surface area contributed by atoms with E-state index >= 15 is 0 Å². The molecule has 2 aromatic rings. The molecule has 0 atom stereocenters. The quantitative estimate of drug-likeness (QED) is 0.683. The van der Waals surface area contributed by atoms with Gasteiger partial charge in [-0.25, -0.2) is 8.42 Å². The first-order chi connectivity index (χ1) is 15.0. The number of anilines is 1. The van der Waals surface area contributed by atoms with Crippen LogP contribution in [0.2, 0.25) is 0 Å². The summed E-state index contributed by atoms with van der Waals surface area (Å²) >= 11 is 1.16. The largest absolute Gasteiger partial charge is 0.379 e. The Morgan fingerprint density at radius 1 is 1.10 bits per heavy atom. The van der Waals surface area contributed by atoms with Crippen molar-refractivity contribution in [1.29, 1.82) is 0 Å². The van der Waals surface area contributed by atoms with E-state index in [-0.39, 0.29) is 10.1 Å². The Hall–Kier alpha value is -1.94. The average molecular weight is 464 g/mol. The van der Waals surface area contributed by atoms with Gasteiger partial charge in [-0.05, 0) is 61.4 Å². The van der Waals surface area contributed by atoms with Gasteiger partial charge in [0.15, 0.2) is 0 Å². The van der Waals surface area contributed by atoms with Crippen LogP contribution in [0.3, 0.4) is 0 Å². The number of rotatable bonds is 7. The van der Waals surface area contributed by atoms with Crippen molar-refractivity contribution in [3.05, 3.63) is 47.3 Å². The zero-order valence-corrected chi connectivity index (χ0v) is 19.2. The Morgan fingerprint density at radius 2 is 1.87 bits per heavy atom. The van der Waals surface area contributed by atoms with Crippen LogP contribution in [0.5, 0.6) is 0 Å². The van der Waals surface area contributed by atoms with E-state index in [0.29, 0.717) is 17.2 Å². The Balaban J connectivity index is 1.30. The monoisotopic (exact) mass is 463 g/mol. The Morgan fingerprint density at radius 3 is 2.58 bits per heavy atom. The summed E-state index contributed by atoms with van der Waals surface area (Å²) in [5, 5.41) is 1.72. The normalized spacial score (nSPS) is 18.8. The average Bonchev–Trinajstić information content (AvgIpc) is 3.34. The van der Waals surface area contributed by atoms with Crippen molar-refractivity contribution in [2.75, 3.05) is 50.7 Å². The Kier molecular flexibility index (Phi) is 7.27. The molecule has 3 heterocycles. The number of hydrogen-bond acceptors (Lipinski definition) is 6. The molecule has 0 spiro atoms. The summed E-state index contributed by atoms with van der Waals surface area (Å²) in [4.78, 5) is 17.3. The molecule has 0 unspecified atom stereocenters. The van der Waals surface area contributed by atoms with Gasteiger partial charge in [0.05, 0.1) is 13.2 Å². The van der Waals surface area contributed by atoms with Crippen molar-refractivity contribution in [2.45, 2.75) is 23.5 Å². The molecule has 7 nitrogen and oxygen atoms in total. The standard InChI is InChI=1S/C22H29N3O4S2/c26-22(25-10-7-18(8-11-25)6-9-24-12-14-29-15-13-24)19-3-1-4-20(17-19)23-31(27,28)21-5-2-16-30-21/h1-5,16-18,23H,6-15H2. The van der Waals surface area contributed by atoms with E-state index in [2.05, 4.69) is 9.62 Å². The fraction of sp³-hybridized carbons (Fsp3) is 0.500. The van der Waals surface area contributed by atoms with Gasteiger partial charge in [0.2, 0.25) is 0 Å². The number of ether oxygens (including phenoxy) is 1. The van der Waals surface area contributed by atoms with Crippen molar-refractivity contribution >= 4 is 33.0 Å². The maximum Gasteiger partial charge on any atom is 0.271 e. The molecule has 9 heteroatoms. The van der Waals surface area contributed by atoms with Crippen LogP contribution in [0.1, 0.15) is 29.6 Å². The van der Waals surface area contributed by atoms with Crippen LogP contribution in [-0.2, 0) is 14.8 Å². The number of hydrogen-bond donors (Lipinski definition) is 1. The van der Waals surface area contributed by atoms with Crippen molar-refractivity contribution in [3.8, 4) is 0 Å². The molecule has 2 aliphatic heterocycles. The minimum atomic E-state index is -3.63. The third kappa shape index (κ3) is 5.85. The predicted octanol–water partition coefficient (Wildman–Crippen LogP) is 3.12. The van der Waals surface area contributed by atoms with Crippen LogP contribution >= 0.6 is 11.3 Å². The number of carbonyl (C=O) groups is 1. The molecule has 1 N–H and O–H groups in total. The molecule has 1 aromatic carbocycles. The Labute approximate surface area is 188 Å². The number of piperidine rings is 1. The summed E-state index contributed by atoms with van der Waals surface area (Å²) in [6.07, 6.45) is 3.20. The van der Waals surface area contributed by atoms with E-state index in [9.17, 15) is 13.2 Å². The van der Waals surface area contributed by atoms with E-state index < -0.39 is 10.0 Å². The number of amides is 1. The number of thiophene rings is 1. The molecule has 1 aromatic heterocycles. The molecular weight excluding hydrogens is 434 g/mol. The van der Waals surface area contributed by atoms with Gasteiger partial charge in [0.25, 0.3) is 15.9 Å². The van der Waals surface area contributed by atoms with E-state index in [0.717, 1.165) is 70.1 Å². The molecule has 168 valence electrons. The lowest BCUT2D eigenvalue weighted by Gasteiger charge is -2.34. The molecule has 0 radical (unpaired) electrons. The van der Waals surface area contributed by atoms with E-state index in [1.165, 1.54) is 6.42 Å². The lowest BCUT2D eigenvalue weighted by atomic mass is 9.93. The smallest absolute Gasteiger partial charge is 0.271 e. The minimum Gasteiger partial charge on any atom is -0.379 e. The molecule has 0 aliphatic carbocycles. The van der Waals surface area contributed by atoms with E-state index in [1.807, 2.05) is 4.90 Å². The van der Waals surface area contributed by atoms with Gasteiger partial charge < -0.3 is 9.64 Å². The lowest BCUT2D eigenvalue weighted by Crippen LogP contribution is -2.40. The molecule has 0 saturated carbocycles. The third-order valence-electron chi connectivity index (χ3n) is 5.98. The highest BCUT2D eigenvalue weighted by atomic mass is 32.2. The summed E-state index contributed by atoms with van der Waals surface area (Å²) < 4.78 is 33.1. The van der Waals surface area contributed by atoms with Crippen molar-refractivity contribution in [2.24, 2.45) is 5.92 Å². The second-order valence-corrected chi connectivity index (χ2v) is 11.0. The van der Waals surface area contributed by atoms with Gasteiger partial charge >= 0.3 is 0 Å². The predicted molar refractivity (Wildman–Crippen MR) is 122 cm³/mol. The van der Waals surface area contributed by atoms with Crippen LogP contribution in [0, 0.1) is 5.92 Å². The first kappa shape index (κ1) is 22.3. The van der Waals surface area contributed by atoms with Gasteiger partial charge in [-0.15, -0.1) is 11.3 Å². The van der Waals surface area contributed by atoms with E-state index in [1.54, 1.807) is 41.8 Å². The zero-order valence-electron chi connectivity index (χ0n) is 17.5. The van der Waals surface area contributed by atoms with Crippen LogP contribution in [0.25, 0.3) is 0 Å². The fourth-order valence-corrected chi connectivity index (χ4v) is 6.18. The second kappa shape index (κ2) is 10.1. The van der Waals surface area contributed by atoms with Gasteiger partial charge in [-0.1, -0.05) is 12.1 Å². The molecule has 2 saturated heterocycles. The molecule has 31 heavy (non-hydrogen) atoms. The number of morpholine rings is 1. The number of nitrogens with one attached hydrogen (secondary N) is 1. The van der Waals surface area contributed by atoms with Crippen molar-refractivity contribution in [3.63, 3.8) is 0 Å². The summed E-state index contributed by atoms with van der Waals surface area (Å²) in [6.45, 7) is 6.29. The minimum absolute atomic E-state index is 0.0381. The van der Waals surface area contributed by atoms with Crippen molar-refractivity contribution < 1.29 is 17.9 Å². The summed E-state index contributed by atoms with van der Waals surface area (Å²) in [5.41, 5.74) is 0.915. The maximum atomic E-state index is 13.0. The molecule has 0 bridgehead atoms. The van der Waals surface area contributed by atoms with Gasteiger partial charge in [-0.2, -0.15) is 0 Å². The van der Waals surface area contributed by atoms with Crippen LogP contribution in [-0.4, -0.2) is 70.1 Å². The first-order valence-electron chi connectivity index (χ1n) is 10.8. The highest BCUT2D eigenvalue weighted by molar-refractivity contribution is 7.94. The number of likely N-dealkylation sites (tertiary alicyclic amines) is 1. The zero-order chi connectivity index (χ0) is 21.7. The van der Waals surface area contributed by atoms with Crippen LogP contribution < -0.4 is 4.72 Å². The number of carbonyl (C=O) groups excluding carboxylic acids is 1. The topological polar surface area (TPSA) is 79.0 Å². The van der Waals surface area contributed by atoms with Crippen LogP contribution in [0.4, 0.5) is 5.69 Å². The Bertz CT molecular complexity index is 964. The highest BCUT2D eigenvalue weighted by Crippen LogP contribution is 2.24. The molecule has 2 fully saturated rings. The number of benzene rings is 1. The fourth-order valence-electron chi connectivity index (χ4n) is 4.13. The lowest BCUT2D eigenvalue weighted by molar-refractivity contribution is 0.0332. The summed E-state index contributed by atoms with van der Waals surface area (Å²) in [7, 11) is -3.63. The van der Waals surface area contributed by atoms with Crippen LogP contribution in [0.15, 0.2) is 46.0 Å². The number of nitrogens with zero attached hydrogens (tertiary/aromatic N) is 2. The first-order valence-corrected chi connectivity index (χ1v) is 13.1. The molecule has 4 rings (SSSR count). The third-order valence-corrected chi connectivity index (χ3v) is 8.76. The summed E-state index contributed by atoms with van der Waals surface area (Å²) in [5.74, 6) is 0.611. The SMILES string of the molecule is O=C(c1cccc(NS(=O)(=O)c2cccs2)c1)N1CCC(CCN2CCOCC2)CC1. The maximum absolute atomic E-state index is 13.0. The van der Waals surface area contributed by atoms with Gasteiger partial charge in [0, 0.05) is 37.4 Å². The molecular formula is C22H29N3O4S2. The van der Waals surface area contributed by atoms with Gasteiger partial charge in [0.1, 0.15) is 4.21 Å². The second-order valence-electron chi connectivity index (χ2n) is 8.10. The van der Waals surface area contributed by atoms with Crippen molar-refractivity contribution in [1.82, 2.24) is 9.80 Å². The number of sulfonamides is 1. The highest BCUT2D eigenvalue weighted by Gasteiger charge is 2.25.